The zero-order valence-corrected chi connectivity index (χ0v) is 12.9. The molecule has 0 saturated carbocycles. The van der Waals surface area contributed by atoms with E-state index >= 15 is 0 Å². The highest BCUT2D eigenvalue weighted by Crippen LogP contribution is 2.18. The lowest BCUT2D eigenvalue weighted by Gasteiger charge is -2.21. The van der Waals surface area contributed by atoms with Gasteiger partial charge >= 0.3 is 0 Å². The molecule has 6 nitrogen and oxygen atoms in total. The molecule has 0 bridgehead atoms. The van der Waals surface area contributed by atoms with Crippen molar-refractivity contribution in [2.45, 2.75) is 19.3 Å². The predicted octanol–water partition coefficient (Wildman–Crippen LogP) is 1.60. The molecule has 0 atom stereocenters. The minimum atomic E-state index is -0.204. The van der Waals surface area contributed by atoms with E-state index in [4.69, 9.17) is 4.74 Å². The number of benzene rings is 1. The van der Waals surface area contributed by atoms with Crippen molar-refractivity contribution in [1.82, 2.24) is 5.32 Å². The standard InChI is InChI=1S/C16H23N3O3/c1-22-11-16(21)19-14-4-2-13(3-5-14)18-15(20)10-12-6-8-17-9-7-12/h2-5,12,17H,6-11H2,1H3,(H,18,20)(H,19,21). The maximum Gasteiger partial charge on any atom is 0.250 e. The normalized spacial score (nSPS) is 15.3. The first-order chi connectivity index (χ1) is 10.7. The molecule has 1 aliphatic rings. The summed E-state index contributed by atoms with van der Waals surface area (Å²) in [5.41, 5.74) is 1.42. The molecule has 6 heteroatoms. The van der Waals surface area contributed by atoms with Crippen molar-refractivity contribution < 1.29 is 14.3 Å². The first kappa shape index (κ1) is 16.5. The van der Waals surface area contributed by atoms with Gasteiger partial charge in [0.15, 0.2) is 0 Å². The summed E-state index contributed by atoms with van der Waals surface area (Å²) >= 11 is 0. The number of carbonyl (C=O) groups is 2. The van der Waals surface area contributed by atoms with Crippen molar-refractivity contribution in [1.29, 1.82) is 0 Å². The summed E-state index contributed by atoms with van der Waals surface area (Å²) in [6, 6.07) is 7.08. The van der Waals surface area contributed by atoms with Crippen molar-refractivity contribution in [3.63, 3.8) is 0 Å². The van der Waals surface area contributed by atoms with Gasteiger partial charge in [-0.2, -0.15) is 0 Å². The van der Waals surface area contributed by atoms with Gasteiger partial charge < -0.3 is 20.7 Å². The molecule has 2 rings (SSSR count). The Bertz CT molecular complexity index is 496. The molecule has 0 aliphatic carbocycles. The van der Waals surface area contributed by atoms with E-state index in [2.05, 4.69) is 16.0 Å². The average molecular weight is 305 g/mol. The van der Waals surface area contributed by atoms with Crippen molar-refractivity contribution in [2.75, 3.05) is 37.4 Å². The van der Waals surface area contributed by atoms with E-state index in [-0.39, 0.29) is 18.4 Å². The van der Waals surface area contributed by atoms with Crippen LogP contribution in [0.15, 0.2) is 24.3 Å². The van der Waals surface area contributed by atoms with Crippen LogP contribution < -0.4 is 16.0 Å². The Hall–Kier alpha value is -1.92. The highest BCUT2D eigenvalue weighted by atomic mass is 16.5. The van der Waals surface area contributed by atoms with Crippen LogP contribution >= 0.6 is 0 Å². The maximum absolute atomic E-state index is 12.0. The number of methoxy groups -OCH3 is 1. The zero-order valence-electron chi connectivity index (χ0n) is 12.9. The van der Waals surface area contributed by atoms with Crippen LogP contribution in [0.1, 0.15) is 19.3 Å². The van der Waals surface area contributed by atoms with E-state index in [1.54, 1.807) is 24.3 Å². The minimum Gasteiger partial charge on any atom is -0.375 e. The summed E-state index contributed by atoms with van der Waals surface area (Å²) in [6.45, 7) is 2.01. The van der Waals surface area contributed by atoms with Gasteiger partial charge in [-0.15, -0.1) is 0 Å². The Morgan fingerprint density at radius 1 is 1.09 bits per heavy atom. The topological polar surface area (TPSA) is 79.5 Å². The number of ether oxygens (including phenoxy) is 1. The Balaban J connectivity index is 1.80. The molecular formula is C16H23N3O3. The van der Waals surface area contributed by atoms with E-state index < -0.39 is 0 Å². The first-order valence-corrected chi connectivity index (χ1v) is 7.57. The van der Waals surface area contributed by atoms with Gasteiger partial charge in [0.1, 0.15) is 6.61 Å². The number of hydrogen-bond donors (Lipinski definition) is 3. The van der Waals surface area contributed by atoms with Gasteiger partial charge in [-0.3, -0.25) is 9.59 Å². The quantitative estimate of drug-likeness (QED) is 0.746. The predicted molar refractivity (Wildman–Crippen MR) is 85.8 cm³/mol. The van der Waals surface area contributed by atoms with Crippen LogP contribution in [-0.2, 0) is 14.3 Å². The highest BCUT2D eigenvalue weighted by molar-refractivity contribution is 5.93. The molecule has 1 saturated heterocycles. The van der Waals surface area contributed by atoms with E-state index in [1.807, 2.05) is 0 Å². The second-order valence-electron chi connectivity index (χ2n) is 5.50. The van der Waals surface area contributed by atoms with Gasteiger partial charge in [0.05, 0.1) is 0 Å². The third-order valence-corrected chi connectivity index (χ3v) is 3.66. The molecule has 0 radical (unpaired) electrons. The highest BCUT2D eigenvalue weighted by Gasteiger charge is 2.16. The fourth-order valence-corrected chi connectivity index (χ4v) is 2.53. The molecule has 1 fully saturated rings. The number of piperidine rings is 1. The summed E-state index contributed by atoms with van der Waals surface area (Å²) in [7, 11) is 1.47. The first-order valence-electron chi connectivity index (χ1n) is 7.57. The summed E-state index contributed by atoms with van der Waals surface area (Å²) in [5.74, 6) is 0.308. The molecule has 1 aromatic rings. The number of nitrogens with one attached hydrogen (secondary N) is 3. The fourth-order valence-electron chi connectivity index (χ4n) is 2.53. The largest absolute Gasteiger partial charge is 0.375 e. The van der Waals surface area contributed by atoms with E-state index in [0.29, 0.717) is 18.0 Å². The third-order valence-electron chi connectivity index (χ3n) is 3.66. The van der Waals surface area contributed by atoms with E-state index in [0.717, 1.165) is 31.6 Å². The molecule has 3 N–H and O–H groups in total. The van der Waals surface area contributed by atoms with Crippen molar-refractivity contribution in [3.05, 3.63) is 24.3 Å². The molecule has 120 valence electrons. The molecule has 1 aliphatic heterocycles. The van der Waals surface area contributed by atoms with E-state index in [1.165, 1.54) is 7.11 Å². The van der Waals surface area contributed by atoms with Gasteiger partial charge in [-0.25, -0.2) is 0 Å². The van der Waals surface area contributed by atoms with Gasteiger partial charge in [-0.05, 0) is 56.1 Å². The van der Waals surface area contributed by atoms with Crippen molar-refractivity contribution in [3.8, 4) is 0 Å². The molecule has 1 heterocycles. The number of rotatable bonds is 6. The number of anilines is 2. The minimum absolute atomic E-state index is 0.0226. The summed E-state index contributed by atoms with van der Waals surface area (Å²) in [6.07, 6.45) is 2.67. The smallest absolute Gasteiger partial charge is 0.250 e. The van der Waals surface area contributed by atoms with Crippen LogP contribution in [0.3, 0.4) is 0 Å². The Morgan fingerprint density at radius 3 is 2.18 bits per heavy atom. The average Bonchev–Trinajstić information content (AvgIpc) is 2.50. The second-order valence-corrected chi connectivity index (χ2v) is 5.50. The Morgan fingerprint density at radius 2 is 1.64 bits per heavy atom. The zero-order chi connectivity index (χ0) is 15.8. The second kappa shape index (κ2) is 8.51. The van der Waals surface area contributed by atoms with Crippen LogP contribution in [0, 0.1) is 5.92 Å². The van der Waals surface area contributed by atoms with Crippen LogP contribution in [0.4, 0.5) is 11.4 Å². The molecule has 2 amide bonds. The molecular weight excluding hydrogens is 282 g/mol. The lowest BCUT2D eigenvalue weighted by atomic mass is 9.94. The van der Waals surface area contributed by atoms with E-state index in [9.17, 15) is 9.59 Å². The van der Waals surface area contributed by atoms with Crippen LogP contribution in [0.25, 0.3) is 0 Å². The molecule has 0 aromatic heterocycles. The van der Waals surface area contributed by atoms with Crippen LogP contribution in [0.2, 0.25) is 0 Å². The number of amides is 2. The van der Waals surface area contributed by atoms with Crippen molar-refractivity contribution >= 4 is 23.2 Å². The van der Waals surface area contributed by atoms with Gasteiger partial charge in [-0.1, -0.05) is 0 Å². The summed E-state index contributed by atoms with van der Waals surface area (Å²) in [5, 5.41) is 8.90. The Labute approximate surface area is 130 Å². The van der Waals surface area contributed by atoms with Gasteiger partial charge in [0, 0.05) is 24.9 Å². The third kappa shape index (κ3) is 5.46. The molecule has 22 heavy (non-hydrogen) atoms. The molecule has 1 aromatic carbocycles. The van der Waals surface area contributed by atoms with Gasteiger partial charge in [0.2, 0.25) is 11.8 Å². The Kier molecular flexibility index (Phi) is 6.36. The maximum atomic E-state index is 12.0. The van der Waals surface area contributed by atoms with Crippen LogP contribution in [-0.4, -0.2) is 38.6 Å². The summed E-state index contributed by atoms with van der Waals surface area (Å²) in [4.78, 5) is 23.4. The summed E-state index contributed by atoms with van der Waals surface area (Å²) < 4.78 is 4.75. The van der Waals surface area contributed by atoms with Crippen LogP contribution in [0.5, 0.6) is 0 Å². The number of hydrogen-bond acceptors (Lipinski definition) is 4. The lowest BCUT2D eigenvalue weighted by molar-refractivity contribution is -0.119. The van der Waals surface area contributed by atoms with Crippen molar-refractivity contribution in [2.24, 2.45) is 5.92 Å². The SMILES string of the molecule is COCC(=O)Nc1ccc(NC(=O)CC2CCNCC2)cc1. The van der Waals surface area contributed by atoms with Gasteiger partial charge in [0.25, 0.3) is 0 Å². The monoisotopic (exact) mass is 305 g/mol. The molecule has 0 unspecified atom stereocenters. The number of carbonyl (C=O) groups excluding carboxylic acids is 2. The lowest BCUT2D eigenvalue weighted by Crippen LogP contribution is -2.30. The fraction of sp³-hybridized carbons (Fsp3) is 0.500. The molecule has 0 spiro atoms.